The molecule has 1 aromatic rings. The van der Waals surface area contributed by atoms with E-state index in [0.29, 0.717) is 24.8 Å². The molecule has 0 saturated carbocycles. The van der Waals surface area contributed by atoms with Gasteiger partial charge >= 0.3 is 0 Å². The van der Waals surface area contributed by atoms with Crippen LogP contribution >= 0.6 is 0 Å². The van der Waals surface area contributed by atoms with E-state index >= 15 is 0 Å². The summed E-state index contributed by atoms with van der Waals surface area (Å²) in [7, 11) is 0. The second-order valence-electron chi connectivity index (χ2n) is 5.62. The van der Waals surface area contributed by atoms with Crippen molar-refractivity contribution in [1.29, 1.82) is 0 Å². The Hall–Kier alpha value is -1.82. The SMILES string of the molecule is Nc1ccc(OCCN2CCN3C(=O)CC[C@H]3C2)c(F)c1. The first-order valence-electron chi connectivity index (χ1n) is 7.33. The summed E-state index contributed by atoms with van der Waals surface area (Å²) in [6.07, 6.45) is 1.62. The highest BCUT2D eigenvalue weighted by atomic mass is 19.1. The largest absolute Gasteiger partial charge is 0.489 e. The van der Waals surface area contributed by atoms with Gasteiger partial charge in [-0.1, -0.05) is 0 Å². The van der Waals surface area contributed by atoms with Gasteiger partial charge in [0.15, 0.2) is 11.6 Å². The van der Waals surface area contributed by atoms with Crippen LogP contribution in [0.25, 0.3) is 0 Å². The Morgan fingerprint density at radius 2 is 2.24 bits per heavy atom. The summed E-state index contributed by atoms with van der Waals surface area (Å²) in [6, 6.07) is 4.79. The molecule has 0 aromatic heterocycles. The normalized spacial score (nSPS) is 22.4. The molecule has 2 saturated heterocycles. The van der Waals surface area contributed by atoms with Gasteiger partial charge in [-0.2, -0.15) is 0 Å². The minimum absolute atomic E-state index is 0.235. The van der Waals surface area contributed by atoms with Crippen LogP contribution in [-0.2, 0) is 4.79 Å². The smallest absolute Gasteiger partial charge is 0.222 e. The Labute approximate surface area is 123 Å². The molecule has 1 atom stereocenters. The van der Waals surface area contributed by atoms with E-state index < -0.39 is 5.82 Å². The highest BCUT2D eigenvalue weighted by Crippen LogP contribution is 2.23. The number of hydrogen-bond acceptors (Lipinski definition) is 4. The van der Waals surface area contributed by atoms with E-state index in [9.17, 15) is 9.18 Å². The summed E-state index contributed by atoms with van der Waals surface area (Å²) in [5.41, 5.74) is 5.89. The summed E-state index contributed by atoms with van der Waals surface area (Å²) in [5, 5.41) is 0. The van der Waals surface area contributed by atoms with Crippen molar-refractivity contribution in [3.63, 3.8) is 0 Å². The zero-order valence-corrected chi connectivity index (χ0v) is 11.9. The molecule has 2 fully saturated rings. The third-order valence-electron chi connectivity index (χ3n) is 4.20. The molecule has 0 spiro atoms. The molecule has 6 heteroatoms. The molecule has 0 aliphatic carbocycles. The summed E-state index contributed by atoms with van der Waals surface area (Å²) in [6.45, 7) is 3.71. The molecule has 114 valence electrons. The molecule has 5 nitrogen and oxygen atoms in total. The van der Waals surface area contributed by atoms with E-state index in [1.165, 1.54) is 6.07 Å². The van der Waals surface area contributed by atoms with Gasteiger partial charge < -0.3 is 15.4 Å². The average molecular weight is 293 g/mol. The summed E-state index contributed by atoms with van der Waals surface area (Å²) >= 11 is 0. The van der Waals surface area contributed by atoms with Gasteiger partial charge in [-0.15, -0.1) is 0 Å². The number of nitrogen functional groups attached to an aromatic ring is 1. The molecule has 2 N–H and O–H groups in total. The molecule has 3 rings (SSSR count). The molecular formula is C15H20FN3O2. The second-order valence-corrected chi connectivity index (χ2v) is 5.62. The molecule has 21 heavy (non-hydrogen) atoms. The van der Waals surface area contributed by atoms with Crippen molar-refractivity contribution in [2.45, 2.75) is 18.9 Å². The maximum Gasteiger partial charge on any atom is 0.222 e. The number of anilines is 1. The van der Waals surface area contributed by atoms with Crippen molar-refractivity contribution < 1.29 is 13.9 Å². The number of nitrogens with zero attached hydrogens (tertiary/aromatic N) is 2. The fraction of sp³-hybridized carbons (Fsp3) is 0.533. The molecule has 1 amide bonds. The van der Waals surface area contributed by atoms with Gasteiger partial charge in [0.05, 0.1) is 0 Å². The Morgan fingerprint density at radius 3 is 3.05 bits per heavy atom. The molecule has 2 aliphatic rings. The number of ether oxygens (including phenoxy) is 1. The first kappa shape index (κ1) is 14.1. The van der Waals surface area contributed by atoms with Crippen LogP contribution in [0.4, 0.5) is 10.1 Å². The maximum absolute atomic E-state index is 13.6. The van der Waals surface area contributed by atoms with Gasteiger partial charge in [-0.05, 0) is 18.6 Å². The quantitative estimate of drug-likeness (QED) is 0.844. The first-order chi connectivity index (χ1) is 10.1. The van der Waals surface area contributed by atoms with Crippen LogP contribution in [0.2, 0.25) is 0 Å². The van der Waals surface area contributed by atoms with Crippen molar-refractivity contribution >= 4 is 11.6 Å². The Morgan fingerprint density at radius 1 is 1.38 bits per heavy atom. The maximum atomic E-state index is 13.6. The highest BCUT2D eigenvalue weighted by Gasteiger charge is 2.35. The lowest BCUT2D eigenvalue weighted by Gasteiger charge is -2.37. The number of hydrogen-bond donors (Lipinski definition) is 1. The number of nitrogens with two attached hydrogens (primary N) is 1. The molecule has 2 heterocycles. The predicted octanol–water partition coefficient (Wildman–Crippen LogP) is 1.09. The van der Waals surface area contributed by atoms with Crippen LogP contribution in [0, 0.1) is 5.82 Å². The fourth-order valence-electron chi connectivity index (χ4n) is 3.05. The molecule has 0 radical (unpaired) electrons. The van der Waals surface area contributed by atoms with E-state index in [2.05, 4.69) is 4.90 Å². The third-order valence-corrected chi connectivity index (χ3v) is 4.20. The Balaban J connectivity index is 1.47. The van der Waals surface area contributed by atoms with E-state index in [-0.39, 0.29) is 11.7 Å². The van der Waals surface area contributed by atoms with Crippen LogP contribution in [0.15, 0.2) is 18.2 Å². The fourth-order valence-corrected chi connectivity index (χ4v) is 3.05. The molecule has 0 unspecified atom stereocenters. The third kappa shape index (κ3) is 3.10. The minimum Gasteiger partial charge on any atom is -0.489 e. The van der Waals surface area contributed by atoms with Crippen LogP contribution in [0.1, 0.15) is 12.8 Å². The van der Waals surface area contributed by atoms with E-state index in [1.54, 1.807) is 12.1 Å². The standard InChI is InChI=1S/C15H20FN3O2/c16-13-9-11(17)1-3-14(13)21-8-7-18-5-6-19-12(10-18)2-4-15(19)20/h1,3,9,12H,2,4-8,10,17H2/t12-/m0/s1. The van der Waals surface area contributed by atoms with E-state index in [1.807, 2.05) is 4.90 Å². The summed E-state index contributed by atoms with van der Waals surface area (Å²) in [5.74, 6) is 0.0833. The van der Waals surface area contributed by atoms with Crippen molar-refractivity contribution in [2.24, 2.45) is 0 Å². The summed E-state index contributed by atoms with van der Waals surface area (Å²) < 4.78 is 19.0. The van der Waals surface area contributed by atoms with Crippen LogP contribution in [0.5, 0.6) is 5.75 Å². The molecular weight excluding hydrogens is 273 g/mol. The van der Waals surface area contributed by atoms with Gasteiger partial charge in [0.2, 0.25) is 5.91 Å². The van der Waals surface area contributed by atoms with Gasteiger partial charge in [-0.3, -0.25) is 9.69 Å². The van der Waals surface area contributed by atoms with Crippen molar-refractivity contribution in [3.05, 3.63) is 24.0 Å². The second kappa shape index (κ2) is 5.89. The van der Waals surface area contributed by atoms with Gasteiger partial charge in [0, 0.05) is 50.4 Å². The zero-order chi connectivity index (χ0) is 14.8. The average Bonchev–Trinajstić information content (AvgIpc) is 2.82. The predicted molar refractivity (Wildman–Crippen MR) is 77.5 cm³/mol. The Bertz CT molecular complexity index is 538. The number of amides is 1. The van der Waals surface area contributed by atoms with Crippen molar-refractivity contribution in [2.75, 3.05) is 38.5 Å². The van der Waals surface area contributed by atoms with Gasteiger partial charge in [0.1, 0.15) is 6.61 Å². The van der Waals surface area contributed by atoms with Crippen LogP contribution in [-0.4, -0.2) is 54.5 Å². The molecule has 1 aromatic carbocycles. The van der Waals surface area contributed by atoms with Crippen molar-refractivity contribution in [3.8, 4) is 5.75 Å². The monoisotopic (exact) mass is 293 g/mol. The lowest BCUT2D eigenvalue weighted by atomic mass is 10.1. The van der Waals surface area contributed by atoms with E-state index in [0.717, 1.165) is 32.6 Å². The molecule has 0 bridgehead atoms. The van der Waals surface area contributed by atoms with Crippen molar-refractivity contribution in [1.82, 2.24) is 9.80 Å². The van der Waals surface area contributed by atoms with Gasteiger partial charge in [-0.25, -0.2) is 4.39 Å². The number of halogens is 1. The first-order valence-corrected chi connectivity index (χ1v) is 7.33. The number of piperazine rings is 1. The lowest BCUT2D eigenvalue weighted by molar-refractivity contribution is -0.130. The number of carbonyl (C=O) groups is 1. The molecule has 2 aliphatic heterocycles. The van der Waals surface area contributed by atoms with Crippen LogP contribution < -0.4 is 10.5 Å². The van der Waals surface area contributed by atoms with Crippen LogP contribution in [0.3, 0.4) is 0 Å². The van der Waals surface area contributed by atoms with Gasteiger partial charge in [0.25, 0.3) is 0 Å². The topological polar surface area (TPSA) is 58.8 Å². The highest BCUT2D eigenvalue weighted by molar-refractivity contribution is 5.78. The Kier molecular flexibility index (Phi) is 3.96. The number of benzene rings is 1. The zero-order valence-electron chi connectivity index (χ0n) is 11.9. The van der Waals surface area contributed by atoms with E-state index in [4.69, 9.17) is 10.5 Å². The number of fused-ring (bicyclic) bond motifs is 1. The number of carbonyl (C=O) groups excluding carboxylic acids is 1. The number of rotatable bonds is 4. The summed E-state index contributed by atoms with van der Waals surface area (Å²) in [4.78, 5) is 15.9. The minimum atomic E-state index is -0.429. The lowest BCUT2D eigenvalue weighted by Crippen LogP contribution is -2.52.